The largest absolute Gasteiger partial charge is 0.454 e. The molecule has 0 atom stereocenters. The molecular formula is C13H5BrClFO2. The van der Waals surface area contributed by atoms with Crippen molar-refractivity contribution in [1.29, 1.82) is 0 Å². The second kappa shape index (κ2) is 4.07. The van der Waals surface area contributed by atoms with E-state index >= 15 is 0 Å². The zero-order valence-corrected chi connectivity index (χ0v) is 11.2. The highest BCUT2D eigenvalue weighted by Crippen LogP contribution is 2.34. The molecule has 1 heterocycles. The molecule has 0 N–H and O–H groups in total. The Morgan fingerprint density at radius 1 is 1.22 bits per heavy atom. The quantitative estimate of drug-likeness (QED) is 0.571. The molecule has 0 saturated heterocycles. The lowest BCUT2D eigenvalue weighted by Crippen LogP contribution is -2.05. The van der Waals surface area contributed by atoms with Crippen molar-refractivity contribution in [2.24, 2.45) is 0 Å². The second-order valence-electron chi connectivity index (χ2n) is 3.84. The highest BCUT2D eigenvalue weighted by Gasteiger charge is 2.18. The van der Waals surface area contributed by atoms with Gasteiger partial charge in [-0.2, -0.15) is 0 Å². The van der Waals surface area contributed by atoms with Crippen LogP contribution in [0.25, 0.3) is 22.3 Å². The van der Waals surface area contributed by atoms with Gasteiger partial charge in [-0.3, -0.25) is 4.79 Å². The monoisotopic (exact) mass is 326 g/mol. The van der Waals surface area contributed by atoms with Crippen LogP contribution in [-0.2, 0) is 0 Å². The fourth-order valence-electron chi connectivity index (χ4n) is 1.81. The van der Waals surface area contributed by atoms with E-state index < -0.39 is 11.2 Å². The SMILES string of the molecule is O=c1cc(F)c2cc3ccc(Br)cc3oc-2c1Cl. The number of benzene rings is 2. The van der Waals surface area contributed by atoms with Crippen LogP contribution in [0.15, 0.2) is 44.0 Å². The Balaban J connectivity index is 2.53. The van der Waals surface area contributed by atoms with E-state index in [1.54, 1.807) is 18.2 Å². The van der Waals surface area contributed by atoms with Crippen molar-refractivity contribution in [3.05, 3.63) is 55.9 Å². The molecular weight excluding hydrogens is 322 g/mol. The van der Waals surface area contributed by atoms with Crippen molar-refractivity contribution >= 4 is 38.5 Å². The molecule has 0 saturated carbocycles. The first-order valence-electron chi connectivity index (χ1n) is 5.07. The Labute approximate surface area is 114 Å². The molecule has 5 heteroatoms. The summed E-state index contributed by atoms with van der Waals surface area (Å²) in [5.74, 6) is -0.555. The zero-order valence-electron chi connectivity index (χ0n) is 8.84. The summed E-state index contributed by atoms with van der Waals surface area (Å²) in [6.07, 6.45) is 0. The van der Waals surface area contributed by atoms with Crippen LogP contribution in [0.4, 0.5) is 4.39 Å². The molecule has 0 spiro atoms. The van der Waals surface area contributed by atoms with Gasteiger partial charge >= 0.3 is 0 Å². The van der Waals surface area contributed by atoms with Crippen LogP contribution in [0.5, 0.6) is 0 Å². The predicted molar refractivity (Wildman–Crippen MR) is 71.8 cm³/mol. The first-order valence-corrected chi connectivity index (χ1v) is 6.24. The number of hydrogen-bond donors (Lipinski definition) is 0. The van der Waals surface area contributed by atoms with Crippen molar-refractivity contribution in [3.63, 3.8) is 0 Å². The maximum Gasteiger partial charge on any atom is 0.203 e. The zero-order chi connectivity index (χ0) is 12.9. The van der Waals surface area contributed by atoms with E-state index in [1.807, 2.05) is 6.07 Å². The molecule has 0 bridgehead atoms. The second-order valence-corrected chi connectivity index (χ2v) is 5.14. The Morgan fingerprint density at radius 3 is 2.78 bits per heavy atom. The minimum absolute atomic E-state index is 0.0762. The first-order chi connectivity index (χ1) is 8.56. The van der Waals surface area contributed by atoms with Gasteiger partial charge in [-0.1, -0.05) is 33.6 Å². The number of halogens is 3. The molecule has 0 fully saturated rings. The fraction of sp³-hybridized carbons (Fsp3) is 0. The third kappa shape index (κ3) is 1.72. The van der Waals surface area contributed by atoms with Gasteiger partial charge in [0.25, 0.3) is 0 Å². The van der Waals surface area contributed by atoms with Crippen LogP contribution < -0.4 is 5.43 Å². The van der Waals surface area contributed by atoms with Crippen LogP contribution in [0.3, 0.4) is 0 Å². The number of fused-ring (bicyclic) bond motifs is 2. The Bertz CT molecular complexity index is 797. The van der Waals surface area contributed by atoms with Gasteiger partial charge in [-0.05, 0) is 18.2 Å². The molecule has 2 nitrogen and oxygen atoms in total. The highest BCUT2D eigenvalue weighted by molar-refractivity contribution is 9.10. The molecule has 1 aromatic rings. The third-order valence-corrected chi connectivity index (χ3v) is 3.51. The lowest BCUT2D eigenvalue weighted by Gasteiger charge is -2.09. The van der Waals surface area contributed by atoms with E-state index in [4.69, 9.17) is 16.0 Å². The van der Waals surface area contributed by atoms with Crippen molar-refractivity contribution in [2.75, 3.05) is 0 Å². The van der Waals surface area contributed by atoms with Crippen LogP contribution in [0.2, 0.25) is 5.02 Å². The molecule has 2 aliphatic rings. The summed E-state index contributed by atoms with van der Waals surface area (Å²) in [4.78, 5) is 11.4. The summed E-state index contributed by atoms with van der Waals surface area (Å²) in [5, 5.41) is 0.632. The summed E-state index contributed by atoms with van der Waals surface area (Å²) >= 11 is 9.17. The number of hydrogen-bond acceptors (Lipinski definition) is 2. The fourth-order valence-corrected chi connectivity index (χ4v) is 2.35. The van der Waals surface area contributed by atoms with Crippen LogP contribution in [0.1, 0.15) is 0 Å². The normalized spacial score (nSPS) is 11.3. The van der Waals surface area contributed by atoms with Gasteiger partial charge in [0, 0.05) is 15.9 Å². The smallest absolute Gasteiger partial charge is 0.203 e. The summed E-state index contributed by atoms with van der Waals surface area (Å²) in [6, 6.07) is 7.83. The van der Waals surface area contributed by atoms with E-state index in [9.17, 15) is 9.18 Å². The summed E-state index contributed by atoms with van der Waals surface area (Å²) in [6.45, 7) is 0. The molecule has 3 rings (SSSR count). The topological polar surface area (TPSA) is 30.2 Å². The maximum atomic E-state index is 13.7. The third-order valence-electron chi connectivity index (χ3n) is 2.66. The van der Waals surface area contributed by atoms with Gasteiger partial charge in [-0.25, -0.2) is 4.39 Å². The minimum Gasteiger partial charge on any atom is -0.454 e. The Kier molecular flexibility index (Phi) is 2.64. The van der Waals surface area contributed by atoms with Gasteiger partial charge < -0.3 is 4.42 Å². The first kappa shape index (κ1) is 11.7. The van der Waals surface area contributed by atoms with E-state index in [-0.39, 0.29) is 16.3 Å². The molecule has 0 unspecified atom stereocenters. The maximum absolute atomic E-state index is 13.7. The summed E-state index contributed by atoms with van der Waals surface area (Å²) in [7, 11) is 0. The molecule has 0 radical (unpaired) electrons. The molecule has 1 aliphatic carbocycles. The molecule has 18 heavy (non-hydrogen) atoms. The molecule has 1 aliphatic heterocycles. The van der Waals surface area contributed by atoms with Crippen molar-refractivity contribution in [2.45, 2.75) is 0 Å². The van der Waals surface area contributed by atoms with E-state index in [0.717, 1.165) is 15.9 Å². The molecule has 0 aromatic heterocycles. The van der Waals surface area contributed by atoms with Crippen LogP contribution in [-0.4, -0.2) is 0 Å². The van der Waals surface area contributed by atoms with Gasteiger partial charge in [0.2, 0.25) is 5.43 Å². The lowest BCUT2D eigenvalue weighted by molar-refractivity contribution is 0.589. The van der Waals surface area contributed by atoms with Crippen molar-refractivity contribution in [3.8, 4) is 11.3 Å². The van der Waals surface area contributed by atoms with Crippen molar-refractivity contribution < 1.29 is 8.81 Å². The average molecular weight is 328 g/mol. The predicted octanol–water partition coefficient (Wildman–Crippen LogP) is 4.45. The van der Waals surface area contributed by atoms with E-state index in [1.165, 1.54) is 0 Å². The molecule has 90 valence electrons. The number of rotatable bonds is 0. The lowest BCUT2D eigenvalue weighted by atomic mass is 10.1. The summed E-state index contributed by atoms with van der Waals surface area (Å²) < 4.78 is 20.1. The van der Waals surface area contributed by atoms with Gasteiger partial charge in [0.1, 0.15) is 16.4 Å². The van der Waals surface area contributed by atoms with Gasteiger partial charge in [-0.15, -0.1) is 0 Å². The van der Waals surface area contributed by atoms with Gasteiger partial charge in [0.15, 0.2) is 5.76 Å². The van der Waals surface area contributed by atoms with E-state index in [0.29, 0.717) is 5.58 Å². The Morgan fingerprint density at radius 2 is 2.00 bits per heavy atom. The minimum atomic E-state index is -0.632. The van der Waals surface area contributed by atoms with Gasteiger partial charge in [0.05, 0.1) is 5.56 Å². The molecule has 0 amide bonds. The van der Waals surface area contributed by atoms with Crippen LogP contribution >= 0.6 is 27.5 Å². The average Bonchev–Trinajstić information content (AvgIpc) is 2.34. The van der Waals surface area contributed by atoms with E-state index in [2.05, 4.69) is 15.9 Å². The van der Waals surface area contributed by atoms with Crippen molar-refractivity contribution in [1.82, 2.24) is 0 Å². The highest BCUT2D eigenvalue weighted by atomic mass is 79.9. The summed E-state index contributed by atoms with van der Waals surface area (Å²) in [5.41, 5.74) is 0.151. The van der Waals surface area contributed by atoms with Crippen LogP contribution in [0, 0.1) is 5.82 Å². The Hall–Kier alpha value is -1.39. The standard InChI is InChI=1S/C13H5BrClFO2/c14-7-2-1-6-3-8-9(16)5-10(17)12(15)13(8)18-11(6)4-7/h1-5H. The molecule has 1 aromatic carbocycles.